The molecule has 1 N–H and O–H groups in total. The molecule has 0 aromatic heterocycles. The van der Waals surface area contributed by atoms with Gasteiger partial charge in [-0.25, -0.2) is 0 Å². The van der Waals surface area contributed by atoms with Gasteiger partial charge in [-0.2, -0.15) is 0 Å². The first-order chi connectivity index (χ1) is 16.8. The van der Waals surface area contributed by atoms with Gasteiger partial charge in [0.05, 0.1) is 6.10 Å². The lowest BCUT2D eigenvalue weighted by atomic mass is 9.47. The van der Waals surface area contributed by atoms with Crippen LogP contribution in [0.5, 0.6) is 0 Å². The van der Waals surface area contributed by atoms with E-state index in [-0.39, 0.29) is 18.2 Å². The average Bonchev–Trinajstić information content (AvgIpc) is 3.33. The lowest BCUT2D eigenvalue weighted by Crippen LogP contribution is -2.50. The van der Waals surface area contributed by atoms with Crippen LogP contribution in [-0.2, 0) is 9.53 Å². The second-order valence-electron chi connectivity index (χ2n) is 14.1. The van der Waals surface area contributed by atoms with Crippen molar-refractivity contribution in [2.24, 2.45) is 52.3 Å². The van der Waals surface area contributed by atoms with Crippen LogP contribution in [0.4, 0.5) is 0 Å². The molecule has 4 fully saturated rings. The molecular formula is C32H48O3. The first-order valence-electron chi connectivity index (χ1n) is 15.0. The van der Waals surface area contributed by atoms with E-state index in [4.69, 9.17) is 4.74 Å². The van der Waals surface area contributed by atoms with Gasteiger partial charge in [-0.1, -0.05) is 44.6 Å². The van der Waals surface area contributed by atoms with Crippen molar-refractivity contribution in [1.82, 2.24) is 0 Å². The Morgan fingerprint density at radius 1 is 1.11 bits per heavy atom. The summed E-state index contributed by atoms with van der Waals surface area (Å²) in [5.74, 6) is 5.02. The largest absolute Gasteiger partial charge is 0.462 e. The molecule has 2 bridgehead atoms. The molecule has 0 heterocycles. The van der Waals surface area contributed by atoms with Crippen LogP contribution in [0.3, 0.4) is 0 Å². The quantitative estimate of drug-likeness (QED) is 0.333. The van der Waals surface area contributed by atoms with Gasteiger partial charge in [0, 0.05) is 12.3 Å². The maximum atomic E-state index is 12.8. The standard InChI is InChI=1S/C32H48O3/c1-20(7-12-30(34)35-29-18-21-5-4-6-22(29)17-21)26-10-11-27-25-9-8-23-19-24(33)13-15-31(23,2)28(25)14-16-32(26,27)3/h4,6,8,20-22,24-29,33H,5,7,9-19H2,1-3H3/t20-,21-,22-,24+,25+,26-,27+,28+,29-,31+,32-/m1/s1. The number of aliphatic hydroxyl groups excluding tert-OH is 1. The molecule has 6 rings (SSSR count). The van der Waals surface area contributed by atoms with E-state index < -0.39 is 0 Å². The van der Waals surface area contributed by atoms with Crippen molar-refractivity contribution in [1.29, 1.82) is 0 Å². The molecule has 0 aliphatic heterocycles. The lowest BCUT2D eigenvalue weighted by molar-refractivity contribution is -0.150. The predicted molar refractivity (Wildman–Crippen MR) is 139 cm³/mol. The summed E-state index contributed by atoms with van der Waals surface area (Å²) in [6.45, 7) is 7.56. The Kier molecular flexibility index (Phi) is 6.26. The van der Waals surface area contributed by atoms with Gasteiger partial charge >= 0.3 is 5.97 Å². The third-order valence-corrected chi connectivity index (χ3v) is 12.4. The topological polar surface area (TPSA) is 46.5 Å². The number of aliphatic hydroxyl groups is 1. The lowest BCUT2D eigenvalue weighted by Gasteiger charge is -2.58. The Bertz CT molecular complexity index is 889. The number of esters is 1. The summed E-state index contributed by atoms with van der Waals surface area (Å²) in [5, 5.41) is 10.3. The molecule has 0 radical (unpaired) electrons. The summed E-state index contributed by atoms with van der Waals surface area (Å²) >= 11 is 0. The molecule has 6 aliphatic rings. The monoisotopic (exact) mass is 480 g/mol. The number of carbonyl (C=O) groups excluding carboxylic acids is 1. The fourth-order valence-electron chi connectivity index (χ4n) is 10.5. The molecule has 0 amide bonds. The van der Waals surface area contributed by atoms with Crippen molar-refractivity contribution in [3.05, 3.63) is 23.8 Å². The van der Waals surface area contributed by atoms with Crippen LogP contribution in [-0.4, -0.2) is 23.3 Å². The molecule has 0 aromatic rings. The third-order valence-electron chi connectivity index (χ3n) is 12.4. The second-order valence-corrected chi connectivity index (χ2v) is 14.1. The molecule has 35 heavy (non-hydrogen) atoms. The van der Waals surface area contributed by atoms with Crippen molar-refractivity contribution < 1.29 is 14.6 Å². The molecule has 0 unspecified atom stereocenters. The van der Waals surface area contributed by atoms with Crippen molar-refractivity contribution in [3.8, 4) is 0 Å². The summed E-state index contributed by atoms with van der Waals surface area (Å²) in [4.78, 5) is 12.8. The number of carbonyl (C=O) groups is 1. The van der Waals surface area contributed by atoms with Crippen LogP contribution >= 0.6 is 0 Å². The zero-order valence-electron chi connectivity index (χ0n) is 22.4. The van der Waals surface area contributed by atoms with Crippen LogP contribution in [0, 0.1) is 52.3 Å². The number of ether oxygens (including phenoxy) is 1. The highest BCUT2D eigenvalue weighted by atomic mass is 16.5. The molecule has 0 aromatic carbocycles. The molecule has 4 saturated carbocycles. The molecule has 0 saturated heterocycles. The van der Waals surface area contributed by atoms with Gasteiger partial charge < -0.3 is 9.84 Å². The highest BCUT2D eigenvalue weighted by Gasteiger charge is 2.59. The van der Waals surface area contributed by atoms with Gasteiger partial charge in [0.1, 0.15) is 6.10 Å². The first-order valence-corrected chi connectivity index (χ1v) is 15.0. The zero-order valence-corrected chi connectivity index (χ0v) is 22.4. The SMILES string of the molecule is C[C@H](CCC(=O)O[C@@H]1C[C@@H]2CC=C[C@@H]1C2)[C@H]1CC[C@H]2[C@@H]3CC=C4C[C@@H](O)CC[C@]4(C)[C@H]3CC[C@]12C. The Hall–Kier alpha value is -1.09. The minimum atomic E-state index is -0.118. The van der Waals surface area contributed by atoms with Crippen molar-refractivity contribution in [2.75, 3.05) is 0 Å². The van der Waals surface area contributed by atoms with Crippen LogP contribution in [0.25, 0.3) is 0 Å². The number of hydrogen-bond acceptors (Lipinski definition) is 3. The summed E-state index contributed by atoms with van der Waals surface area (Å²) in [6.07, 6.45) is 21.9. The molecular weight excluding hydrogens is 432 g/mol. The molecule has 3 nitrogen and oxygen atoms in total. The molecule has 194 valence electrons. The normalized spacial score (nSPS) is 49.0. The molecule has 0 spiro atoms. The van der Waals surface area contributed by atoms with Crippen LogP contribution < -0.4 is 0 Å². The number of rotatable bonds is 5. The zero-order chi connectivity index (χ0) is 24.4. The van der Waals surface area contributed by atoms with Gasteiger partial charge in [-0.05, 0) is 123 Å². The van der Waals surface area contributed by atoms with E-state index in [0.29, 0.717) is 29.1 Å². The van der Waals surface area contributed by atoms with Gasteiger partial charge in [0.2, 0.25) is 0 Å². The Morgan fingerprint density at radius 2 is 1.97 bits per heavy atom. The summed E-state index contributed by atoms with van der Waals surface area (Å²) < 4.78 is 6.00. The average molecular weight is 481 g/mol. The summed E-state index contributed by atoms with van der Waals surface area (Å²) in [7, 11) is 0. The van der Waals surface area contributed by atoms with E-state index >= 15 is 0 Å². The van der Waals surface area contributed by atoms with E-state index in [2.05, 4.69) is 39.0 Å². The Labute approximate surface area is 213 Å². The van der Waals surface area contributed by atoms with E-state index in [0.717, 1.165) is 55.3 Å². The Balaban J connectivity index is 1.08. The van der Waals surface area contributed by atoms with Gasteiger partial charge in [-0.3, -0.25) is 4.79 Å². The smallest absolute Gasteiger partial charge is 0.306 e. The van der Waals surface area contributed by atoms with Crippen molar-refractivity contribution in [2.45, 2.75) is 116 Å². The van der Waals surface area contributed by atoms with E-state index in [1.54, 1.807) is 5.57 Å². The van der Waals surface area contributed by atoms with Crippen LogP contribution in [0.15, 0.2) is 23.8 Å². The van der Waals surface area contributed by atoms with E-state index in [9.17, 15) is 9.90 Å². The van der Waals surface area contributed by atoms with Gasteiger partial charge in [-0.15, -0.1) is 0 Å². The highest BCUT2D eigenvalue weighted by molar-refractivity contribution is 5.69. The third kappa shape index (κ3) is 4.07. The first kappa shape index (κ1) is 24.3. The Morgan fingerprint density at radius 3 is 2.80 bits per heavy atom. The predicted octanol–water partition coefficient (Wildman–Crippen LogP) is 7.24. The van der Waals surface area contributed by atoms with Gasteiger partial charge in [0.15, 0.2) is 0 Å². The van der Waals surface area contributed by atoms with Crippen LogP contribution in [0.1, 0.15) is 104 Å². The summed E-state index contributed by atoms with van der Waals surface area (Å²) in [6, 6.07) is 0. The minimum Gasteiger partial charge on any atom is -0.462 e. The van der Waals surface area contributed by atoms with Gasteiger partial charge in [0.25, 0.3) is 0 Å². The van der Waals surface area contributed by atoms with E-state index in [1.807, 2.05) is 0 Å². The fraction of sp³-hybridized carbons (Fsp3) is 0.844. The maximum Gasteiger partial charge on any atom is 0.306 e. The minimum absolute atomic E-state index is 0.0450. The second kappa shape index (κ2) is 9.03. The molecule has 11 atom stereocenters. The van der Waals surface area contributed by atoms with Crippen molar-refractivity contribution >= 4 is 5.97 Å². The number of hydrogen-bond donors (Lipinski definition) is 1. The van der Waals surface area contributed by atoms with Crippen molar-refractivity contribution in [3.63, 3.8) is 0 Å². The van der Waals surface area contributed by atoms with Crippen LogP contribution in [0.2, 0.25) is 0 Å². The molecule has 6 aliphatic carbocycles. The number of fused-ring (bicyclic) bond motifs is 7. The fourth-order valence-corrected chi connectivity index (χ4v) is 10.5. The highest BCUT2D eigenvalue weighted by Crippen LogP contribution is 2.67. The maximum absolute atomic E-state index is 12.8. The molecule has 3 heteroatoms. The number of allylic oxidation sites excluding steroid dienone is 2. The summed E-state index contributed by atoms with van der Waals surface area (Å²) in [5.41, 5.74) is 2.32. The van der Waals surface area contributed by atoms with E-state index in [1.165, 1.54) is 51.4 Å².